The quantitative estimate of drug-likeness (QED) is 0.0400. The van der Waals surface area contributed by atoms with Crippen LogP contribution in [0.25, 0.3) is 0 Å². The second kappa shape index (κ2) is 38.3. The Bertz CT molecular complexity index is 2310. The molecular weight excluding hydrogens is 1120 g/mol. The number of aliphatic carboxylic acids is 1. The molecule has 0 aliphatic heterocycles. The van der Waals surface area contributed by atoms with Gasteiger partial charge in [-0.25, -0.2) is 0 Å². The summed E-state index contributed by atoms with van der Waals surface area (Å²) >= 11 is 0. The van der Waals surface area contributed by atoms with E-state index >= 15 is 0 Å². The van der Waals surface area contributed by atoms with Crippen molar-refractivity contribution in [2.75, 3.05) is 48.8 Å². The average molecular weight is 1240 g/mol. The molecule has 0 aromatic rings. The molecule has 0 saturated heterocycles. The first-order chi connectivity index (χ1) is 40.1. The molecule has 0 heterocycles. The number of allylic oxidation sites excluding steroid dienone is 2. The number of carboxylic acids is 1. The van der Waals surface area contributed by atoms with Gasteiger partial charge in [-0.2, -0.15) is 0 Å². The molecule has 0 fully saturated rings. The van der Waals surface area contributed by atoms with E-state index in [1.807, 2.05) is 69.2 Å². The highest BCUT2D eigenvalue weighted by Gasteiger charge is 2.45. The normalized spacial score (nSPS) is 16.6. The number of hydrogen-bond acceptors (Lipinski definition) is 14. The molecular formula is C62H113N11O14. The number of carbonyl (C=O) groups is 11. The van der Waals surface area contributed by atoms with Crippen LogP contribution in [0.1, 0.15) is 156 Å². The van der Waals surface area contributed by atoms with Crippen LogP contribution in [-0.2, 0) is 52.7 Å². The fraction of sp³-hybridized carbons (Fsp3) is 0.790. The number of rotatable bonds is 38. The number of amides is 10. The van der Waals surface area contributed by atoms with E-state index in [2.05, 4.69) is 31.9 Å². The molecule has 14 atom stereocenters. The summed E-state index contributed by atoms with van der Waals surface area (Å²) in [5, 5.41) is 48.3. The Kier molecular flexibility index (Phi) is 35.5. The Morgan fingerprint density at radius 3 is 1.30 bits per heavy atom. The molecule has 87 heavy (non-hydrogen) atoms. The number of carboxylic acid groups (broad SMARTS) is 1. The van der Waals surface area contributed by atoms with Gasteiger partial charge in [-0.3, -0.25) is 52.7 Å². The van der Waals surface area contributed by atoms with Gasteiger partial charge in [-0.05, 0) is 108 Å². The van der Waals surface area contributed by atoms with Crippen molar-refractivity contribution in [2.45, 2.75) is 229 Å². The van der Waals surface area contributed by atoms with Gasteiger partial charge in [-0.15, -0.1) is 0 Å². The van der Waals surface area contributed by atoms with Gasteiger partial charge < -0.3 is 71.7 Å². The zero-order valence-corrected chi connectivity index (χ0v) is 56.6. The lowest BCUT2D eigenvalue weighted by Gasteiger charge is -2.40. The van der Waals surface area contributed by atoms with Gasteiger partial charge in [0.15, 0.2) is 0 Å². The summed E-state index contributed by atoms with van der Waals surface area (Å²) in [7, 11) is 8.37. The van der Waals surface area contributed by atoms with Crippen molar-refractivity contribution in [3.63, 3.8) is 0 Å². The van der Waals surface area contributed by atoms with Crippen molar-refractivity contribution < 1.29 is 68.1 Å². The van der Waals surface area contributed by atoms with Gasteiger partial charge in [0.05, 0.1) is 18.2 Å². The van der Waals surface area contributed by atoms with E-state index in [4.69, 9.17) is 0 Å². The smallest absolute Gasteiger partial charge is 0.323 e. The lowest BCUT2D eigenvalue weighted by Crippen LogP contribution is -2.64. The molecule has 0 aliphatic rings. The maximum absolute atomic E-state index is 14.9. The van der Waals surface area contributed by atoms with Crippen LogP contribution in [0.3, 0.4) is 0 Å². The topological polar surface area (TPSA) is 337 Å². The molecule has 0 aliphatic carbocycles. The van der Waals surface area contributed by atoms with Crippen molar-refractivity contribution in [3.8, 4) is 0 Å². The summed E-state index contributed by atoms with van der Waals surface area (Å²) in [6, 6.07) is -12.1. The first-order valence-electron chi connectivity index (χ1n) is 30.8. The van der Waals surface area contributed by atoms with E-state index in [0.29, 0.717) is 6.42 Å². The summed E-state index contributed by atoms with van der Waals surface area (Å²) in [6.07, 6.45) is 2.10. The summed E-state index contributed by atoms with van der Waals surface area (Å²) in [4.78, 5) is 159. The number of aliphatic hydroxyl groups excluding tert-OH is 2. The zero-order valence-electron chi connectivity index (χ0n) is 56.6. The van der Waals surface area contributed by atoms with Gasteiger partial charge >= 0.3 is 5.97 Å². The number of carbonyl (C=O) groups excluding carboxylic acids is 10. The molecule has 0 rings (SSSR count). The molecule has 0 aromatic heterocycles. The minimum Gasteiger partial charge on any atom is -0.480 e. The van der Waals surface area contributed by atoms with Gasteiger partial charge in [-0.1, -0.05) is 109 Å². The van der Waals surface area contributed by atoms with E-state index in [1.54, 1.807) is 46.9 Å². The zero-order chi connectivity index (χ0) is 67.8. The Morgan fingerprint density at radius 2 is 0.885 bits per heavy atom. The maximum Gasteiger partial charge on any atom is 0.323 e. The summed E-state index contributed by atoms with van der Waals surface area (Å²) < 4.78 is 0. The molecule has 25 nitrogen and oxygen atoms in total. The standard InChI is InChI=1S/C62H113N11O14/c1-24-26-27-39(14)52(77)51(57(82)68-49(42(17)74)61(86)69(19)32-47(75)76)73(23)62(87)50(37(11)12)72(22)60(85)44(29-34(5)6)66-55(80)46(31-36(9)10)70(20)58(83)41(16)65-53(78)40(15)64-54(79)45(30-35(7)8)71(21)59(84)43(28-33(3)4)67-56(81)48(63-18)38(13)25-2/h24,26,33-46,48-52,63,74,77H,25,27-32H2,1-23H3,(H,64,79)(H,65,78)(H,66,80)(H,67,81)(H,68,82)(H,75,76)/b26-24+/t38?,39-,40+,41-,42-,43+,44+,45+,46+,48+,49+,50?,51+,52-/m1/s1. The van der Waals surface area contributed by atoms with Crippen LogP contribution in [0, 0.1) is 41.4 Å². The SMILES string of the molecule is C/C=C/C[C@@H](C)[C@@H](O)[C@@H](C(=O)N[C@H](C(=O)N(C)CC(=O)O)[C@@H](C)O)N(C)C(=O)C(C(C)C)N(C)C(=O)[C@H](CC(C)C)NC(=O)[C@H](CC(C)C)N(C)C(=O)[C@@H](C)NC(=O)[C@H](C)NC(=O)[C@H](CC(C)C)N(C)C(=O)[C@H](CC(C)C)NC(=O)[C@@H](NC)C(C)CC. The predicted molar refractivity (Wildman–Crippen MR) is 334 cm³/mol. The van der Waals surface area contributed by atoms with Crippen LogP contribution >= 0.6 is 0 Å². The molecule has 0 bridgehead atoms. The lowest BCUT2D eigenvalue weighted by atomic mass is 9.91. The Hall–Kier alpha value is -6.21. The van der Waals surface area contributed by atoms with Crippen molar-refractivity contribution in [2.24, 2.45) is 41.4 Å². The third-order valence-corrected chi connectivity index (χ3v) is 15.7. The molecule has 25 heteroatoms. The fourth-order valence-corrected chi connectivity index (χ4v) is 10.4. The van der Waals surface area contributed by atoms with Crippen molar-refractivity contribution >= 4 is 65.0 Å². The number of nitrogens with one attached hydrogen (secondary N) is 6. The first-order valence-corrected chi connectivity index (χ1v) is 30.8. The molecule has 500 valence electrons. The van der Waals surface area contributed by atoms with Crippen molar-refractivity contribution in [1.29, 1.82) is 0 Å². The highest BCUT2D eigenvalue weighted by Crippen LogP contribution is 2.24. The largest absolute Gasteiger partial charge is 0.480 e. The molecule has 10 amide bonds. The van der Waals surface area contributed by atoms with Crippen LogP contribution in [0.15, 0.2) is 12.2 Å². The Balaban J connectivity index is 6.92. The van der Waals surface area contributed by atoms with Crippen LogP contribution in [0.2, 0.25) is 0 Å². The summed E-state index contributed by atoms with van der Waals surface area (Å²) in [5.41, 5.74) is 0. The second-order valence-corrected chi connectivity index (χ2v) is 25.8. The highest BCUT2D eigenvalue weighted by molar-refractivity contribution is 5.99. The molecule has 0 aromatic carbocycles. The van der Waals surface area contributed by atoms with Gasteiger partial charge in [0, 0.05) is 35.2 Å². The number of hydrogen-bond donors (Lipinski definition) is 9. The van der Waals surface area contributed by atoms with E-state index in [9.17, 15) is 68.1 Å². The predicted octanol–water partition coefficient (Wildman–Crippen LogP) is 2.12. The van der Waals surface area contributed by atoms with Crippen LogP contribution in [0.5, 0.6) is 0 Å². The molecule has 2 unspecified atom stereocenters. The fourth-order valence-electron chi connectivity index (χ4n) is 10.4. The Morgan fingerprint density at radius 1 is 0.460 bits per heavy atom. The minimum atomic E-state index is -1.71. The van der Waals surface area contributed by atoms with Gasteiger partial charge in [0.1, 0.15) is 60.9 Å². The van der Waals surface area contributed by atoms with E-state index in [1.165, 1.54) is 65.8 Å². The summed E-state index contributed by atoms with van der Waals surface area (Å²) in [6.45, 7) is 28.9. The lowest BCUT2D eigenvalue weighted by molar-refractivity contribution is -0.155. The second-order valence-electron chi connectivity index (χ2n) is 25.8. The molecule has 0 saturated carbocycles. The maximum atomic E-state index is 14.9. The van der Waals surface area contributed by atoms with E-state index < -0.39 is 150 Å². The van der Waals surface area contributed by atoms with Crippen molar-refractivity contribution in [3.05, 3.63) is 12.2 Å². The van der Waals surface area contributed by atoms with Crippen LogP contribution < -0.4 is 31.9 Å². The Labute approximate surface area is 519 Å². The first kappa shape index (κ1) is 80.8. The third-order valence-electron chi connectivity index (χ3n) is 15.7. The highest BCUT2D eigenvalue weighted by atomic mass is 16.4. The molecule has 0 spiro atoms. The summed E-state index contributed by atoms with van der Waals surface area (Å²) in [5.74, 6) is -10.1. The van der Waals surface area contributed by atoms with Gasteiger partial charge in [0.2, 0.25) is 59.1 Å². The average Bonchev–Trinajstić information content (AvgIpc) is 2.09. The van der Waals surface area contributed by atoms with Crippen LogP contribution in [-0.4, -0.2) is 226 Å². The van der Waals surface area contributed by atoms with E-state index in [-0.39, 0.29) is 61.2 Å². The number of aliphatic hydroxyl groups is 2. The number of nitrogens with zero attached hydrogens (tertiary/aromatic N) is 5. The minimum absolute atomic E-state index is 0.0109. The van der Waals surface area contributed by atoms with Crippen LogP contribution in [0.4, 0.5) is 0 Å². The van der Waals surface area contributed by atoms with Gasteiger partial charge in [0.25, 0.3) is 0 Å². The third kappa shape index (κ3) is 25.4. The molecule has 0 radical (unpaired) electrons. The molecule has 9 N–H and O–H groups in total. The van der Waals surface area contributed by atoms with Crippen molar-refractivity contribution in [1.82, 2.24) is 56.4 Å². The number of likely N-dealkylation sites (N-methyl/N-ethyl adjacent to an activating group) is 6. The van der Waals surface area contributed by atoms with E-state index in [0.717, 1.165) is 21.1 Å². The monoisotopic (exact) mass is 1240 g/mol.